The van der Waals surface area contributed by atoms with Gasteiger partial charge >= 0.3 is 0 Å². The first kappa shape index (κ1) is 14.1. The van der Waals surface area contributed by atoms with Crippen molar-refractivity contribution in [1.29, 1.82) is 0 Å². The van der Waals surface area contributed by atoms with Crippen LogP contribution in [0.25, 0.3) is 0 Å². The first-order valence-electron chi connectivity index (χ1n) is 5.82. The van der Waals surface area contributed by atoms with Crippen molar-refractivity contribution in [3.8, 4) is 0 Å². The smallest absolute Gasteiger partial charge is 0.273 e. The maximum Gasteiger partial charge on any atom is 0.273 e. The predicted molar refractivity (Wildman–Crippen MR) is 64.7 cm³/mol. The molecule has 0 saturated heterocycles. The van der Waals surface area contributed by atoms with Crippen molar-refractivity contribution < 1.29 is 9.59 Å². The molecule has 2 amide bonds. The first-order chi connectivity index (χ1) is 8.67. The quantitative estimate of drug-likeness (QED) is 0.547. The van der Waals surface area contributed by atoms with E-state index in [9.17, 15) is 9.59 Å². The van der Waals surface area contributed by atoms with Gasteiger partial charge in [-0.3, -0.25) is 14.3 Å². The zero-order chi connectivity index (χ0) is 13.4. The Morgan fingerprint density at radius 2 is 2.22 bits per heavy atom. The molecular weight excluding hydrogens is 236 g/mol. The van der Waals surface area contributed by atoms with E-state index in [-0.39, 0.29) is 30.5 Å². The molecule has 1 aromatic rings. The fraction of sp³-hybridized carbons (Fsp3) is 0.600. The Bertz CT molecular complexity index is 403. The van der Waals surface area contributed by atoms with Crippen molar-refractivity contribution in [2.24, 2.45) is 5.73 Å². The van der Waals surface area contributed by atoms with Gasteiger partial charge in [-0.05, 0) is 6.92 Å². The Morgan fingerprint density at radius 3 is 2.89 bits per heavy atom. The minimum absolute atomic E-state index is 0.0930. The van der Waals surface area contributed by atoms with E-state index in [0.29, 0.717) is 19.6 Å². The summed E-state index contributed by atoms with van der Waals surface area (Å²) in [7, 11) is 0. The van der Waals surface area contributed by atoms with Gasteiger partial charge in [0.15, 0.2) is 5.69 Å². The molecule has 0 unspecified atom stereocenters. The number of aromatic nitrogens is 3. The van der Waals surface area contributed by atoms with E-state index in [1.54, 1.807) is 0 Å². The lowest BCUT2D eigenvalue weighted by molar-refractivity contribution is -0.120. The predicted octanol–water partition coefficient (Wildman–Crippen LogP) is -1.51. The second-order valence-corrected chi connectivity index (χ2v) is 3.61. The van der Waals surface area contributed by atoms with E-state index in [0.717, 1.165) is 0 Å². The van der Waals surface area contributed by atoms with Gasteiger partial charge < -0.3 is 16.4 Å². The molecule has 0 bridgehead atoms. The molecule has 0 aromatic carbocycles. The second-order valence-electron chi connectivity index (χ2n) is 3.61. The van der Waals surface area contributed by atoms with Gasteiger partial charge in [-0.25, -0.2) is 0 Å². The number of nitrogens with zero attached hydrogens (tertiary/aromatic N) is 3. The molecule has 18 heavy (non-hydrogen) atoms. The molecule has 0 aliphatic rings. The van der Waals surface area contributed by atoms with Crippen molar-refractivity contribution in [2.45, 2.75) is 19.9 Å². The lowest BCUT2D eigenvalue weighted by atomic mass is 10.3. The summed E-state index contributed by atoms with van der Waals surface area (Å²) < 4.78 is 1.50. The van der Waals surface area contributed by atoms with Crippen molar-refractivity contribution in [1.82, 2.24) is 25.6 Å². The number of carbonyl (C=O) groups excluding carboxylic acids is 2. The van der Waals surface area contributed by atoms with Gasteiger partial charge in [0.2, 0.25) is 5.91 Å². The monoisotopic (exact) mass is 254 g/mol. The molecule has 0 radical (unpaired) electrons. The summed E-state index contributed by atoms with van der Waals surface area (Å²) >= 11 is 0. The van der Waals surface area contributed by atoms with Crippen LogP contribution in [0.4, 0.5) is 0 Å². The topological polar surface area (TPSA) is 115 Å². The van der Waals surface area contributed by atoms with E-state index in [4.69, 9.17) is 5.73 Å². The fourth-order valence-electron chi connectivity index (χ4n) is 1.31. The van der Waals surface area contributed by atoms with Crippen LogP contribution in [0.3, 0.4) is 0 Å². The Labute approximate surface area is 105 Å². The maximum atomic E-state index is 11.6. The highest BCUT2D eigenvalue weighted by Gasteiger charge is 2.10. The van der Waals surface area contributed by atoms with Gasteiger partial charge in [0.1, 0.15) is 0 Å². The molecule has 4 N–H and O–H groups in total. The van der Waals surface area contributed by atoms with E-state index in [2.05, 4.69) is 20.9 Å². The van der Waals surface area contributed by atoms with Crippen LogP contribution in [0.2, 0.25) is 0 Å². The third-order valence-electron chi connectivity index (χ3n) is 2.14. The summed E-state index contributed by atoms with van der Waals surface area (Å²) in [5, 5.41) is 12.7. The molecule has 8 nitrogen and oxygen atoms in total. The summed E-state index contributed by atoms with van der Waals surface area (Å²) in [6.45, 7) is 3.64. The van der Waals surface area contributed by atoms with Crippen LogP contribution in [0, 0.1) is 0 Å². The highest BCUT2D eigenvalue weighted by atomic mass is 16.2. The average Bonchev–Trinajstić information content (AvgIpc) is 2.78. The molecule has 1 heterocycles. The Hall–Kier alpha value is -1.96. The van der Waals surface area contributed by atoms with Crippen molar-refractivity contribution in [3.05, 3.63) is 11.9 Å². The molecule has 0 spiro atoms. The molecule has 0 aliphatic heterocycles. The zero-order valence-electron chi connectivity index (χ0n) is 10.3. The lowest BCUT2D eigenvalue weighted by Crippen LogP contribution is -2.30. The van der Waals surface area contributed by atoms with Crippen LogP contribution >= 0.6 is 0 Å². The largest absolute Gasteiger partial charge is 0.356 e. The number of hydrogen-bond donors (Lipinski definition) is 3. The summed E-state index contributed by atoms with van der Waals surface area (Å²) in [5.74, 6) is -0.438. The molecule has 0 fully saturated rings. The van der Waals surface area contributed by atoms with Gasteiger partial charge in [-0.15, -0.1) is 5.10 Å². The third kappa shape index (κ3) is 4.50. The van der Waals surface area contributed by atoms with E-state index in [1.165, 1.54) is 10.9 Å². The summed E-state index contributed by atoms with van der Waals surface area (Å²) in [4.78, 5) is 22.8. The van der Waals surface area contributed by atoms with Crippen molar-refractivity contribution in [3.63, 3.8) is 0 Å². The van der Waals surface area contributed by atoms with Crippen molar-refractivity contribution in [2.75, 3.05) is 19.6 Å². The minimum atomic E-state index is -0.345. The number of nitrogens with one attached hydrogen (secondary N) is 2. The van der Waals surface area contributed by atoms with Crippen LogP contribution in [-0.4, -0.2) is 46.4 Å². The molecule has 1 rings (SSSR count). The molecule has 100 valence electrons. The second kappa shape index (κ2) is 7.38. The zero-order valence-corrected chi connectivity index (χ0v) is 10.3. The number of rotatable bonds is 7. The number of nitrogens with two attached hydrogens (primary N) is 1. The maximum absolute atomic E-state index is 11.6. The molecule has 0 aliphatic carbocycles. The van der Waals surface area contributed by atoms with E-state index < -0.39 is 0 Å². The molecule has 8 heteroatoms. The normalized spacial score (nSPS) is 10.1. The number of amides is 2. The highest BCUT2D eigenvalue weighted by molar-refractivity contribution is 5.92. The Morgan fingerprint density at radius 1 is 1.44 bits per heavy atom. The molecule has 1 aromatic heterocycles. The van der Waals surface area contributed by atoms with Gasteiger partial charge in [0.25, 0.3) is 5.91 Å². The van der Waals surface area contributed by atoms with Crippen LogP contribution in [0.15, 0.2) is 6.20 Å². The molecule has 0 saturated carbocycles. The Balaban J connectivity index is 2.33. The number of carbonyl (C=O) groups is 2. The lowest BCUT2D eigenvalue weighted by Gasteiger charge is -2.03. The van der Waals surface area contributed by atoms with Gasteiger partial charge in [0, 0.05) is 26.1 Å². The number of hydrogen-bond acceptors (Lipinski definition) is 5. The minimum Gasteiger partial charge on any atom is -0.356 e. The Kier molecular flexibility index (Phi) is 5.78. The average molecular weight is 254 g/mol. The fourth-order valence-corrected chi connectivity index (χ4v) is 1.31. The third-order valence-corrected chi connectivity index (χ3v) is 2.14. The SMILES string of the molecule is CCNC(=O)CCNC(=O)c1cn(CCN)nn1. The molecule has 0 atom stereocenters. The van der Waals surface area contributed by atoms with Crippen molar-refractivity contribution >= 4 is 11.8 Å². The van der Waals surface area contributed by atoms with Crippen LogP contribution in [0.5, 0.6) is 0 Å². The van der Waals surface area contributed by atoms with E-state index >= 15 is 0 Å². The van der Waals surface area contributed by atoms with E-state index in [1.807, 2.05) is 6.92 Å². The first-order valence-corrected chi connectivity index (χ1v) is 5.82. The van der Waals surface area contributed by atoms with Crippen LogP contribution in [0.1, 0.15) is 23.8 Å². The molecular formula is C10H18N6O2. The van der Waals surface area contributed by atoms with Gasteiger partial charge in [-0.2, -0.15) is 0 Å². The highest BCUT2D eigenvalue weighted by Crippen LogP contribution is 1.92. The summed E-state index contributed by atoms with van der Waals surface area (Å²) in [6.07, 6.45) is 1.77. The van der Waals surface area contributed by atoms with Gasteiger partial charge in [-0.1, -0.05) is 5.21 Å². The standard InChI is InChI=1S/C10H18N6O2/c1-2-12-9(17)3-5-13-10(18)8-7-16(6-4-11)15-14-8/h7H,2-6,11H2,1H3,(H,12,17)(H,13,18). The van der Waals surface area contributed by atoms with Gasteiger partial charge in [0.05, 0.1) is 12.7 Å². The van der Waals surface area contributed by atoms with Crippen LogP contribution < -0.4 is 16.4 Å². The summed E-state index contributed by atoms with van der Waals surface area (Å²) in [5.41, 5.74) is 5.58. The van der Waals surface area contributed by atoms with Crippen LogP contribution in [-0.2, 0) is 11.3 Å². The summed E-state index contributed by atoms with van der Waals surface area (Å²) in [6, 6.07) is 0.